The molecular weight excluding hydrogens is 897 g/mol. The summed E-state index contributed by atoms with van der Waals surface area (Å²) in [5.74, 6) is -1.05. The van der Waals surface area contributed by atoms with Crippen LogP contribution in [0.2, 0.25) is 0 Å². The van der Waals surface area contributed by atoms with Crippen LogP contribution in [-0.2, 0) is 38.1 Å². The van der Waals surface area contributed by atoms with Gasteiger partial charge in [0.25, 0.3) is 0 Å². The van der Waals surface area contributed by atoms with Gasteiger partial charge >= 0.3 is 23.9 Å². The van der Waals surface area contributed by atoms with Crippen LogP contribution in [0.3, 0.4) is 0 Å². The normalized spacial score (nSPS) is 18.6. The molecule has 2 aliphatic carbocycles. The van der Waals surface area contributed by atoms with Gasteiger partial charge in [-0.3, -0.25) is 19.2 Å². The van der Waals surface area contributed by atoms with Gasteiger partial charge in [-0.1, -0.05) is 109 Å². The summed E-state index contributed by atoms with van der Waals surface area (Å²) in [6.07, 6.45) is 4.51. The average molecular weight is 971 g/mol. The van der Waals surface area contributed by atoms with Crippen LogP contribution in [0.15, 0.2) is 121 Å². The van der Waals surface area contributed by atoms with Crippen molar-refractivity contribution in [3.05, 3.63) is 144 Å². The van der Waals surface area contributed by atoms with Gasteiger partial charge in [0.2, 0.25) is 0 Å². The summed E-state index contributed by atoms with van der Waals surface area (Å²) in [5.41, 5.74) is 12.3. The number of rotatable bonds is 10. The van der Waals surface area contributed by atoms with Crippen molar-refractivity contribution in [3.8, 4) is 44.5 Å². The summed E-state index contributed by atoms with van der Waals surface area (Å²) in [6, 6.07) is 38.4. The van der Waals surface area contributed by atoms with Crippen molar-refractivity contribution in [2.75, 3.05) is 0 Å². The van der Waals surface area contributed by atoms with Gasteiger partial charge in [-0.15, -0.1) is 0 Å². The fourth-order valence-electron chi connectivity index (χ4n) is 8.79. The molecule has 5 aromatic carbocycles. The zero-order valence-corrected chi connectivity index (χ0v) is 45.0. The first-order valence-electron chi connectivity index (χ1n) is 25.5. The molecule has 5 aromatic rings. The smallest absolute Gasteiger partial charge is 0.311 e. The van der Waals surface area contributed by atoms with E-state index in [1.807, 2.05) is 95.2 Å². The molecule has 0 aliphatic heterocycles. The molecule has 0 fully saturated rings. The molecule has 0 N–H and O–H groups in total. The van der Waals surface area contributed by atoms with Crippen molar-refractivity contribution in [2.45, 2.75) is 147 Å². The van der Waals surface area contributed by atoms with Gasteiger partial charge in [0.05, 0.1) is 21.7 Å². The molecule has 0 radical (unpaired) electrons. The zero-order valence-electron chi connectivity index (χ0n) is 45.0. The molecule has 4 unspecified atom stereocenters. The van der Waals surface area contributed by atoms with Gasteiger partial charge in [-0.05, 0) is 213 Å². The van der Waals surface area contributed by atoms with Crippen molar-refractivity contribution in [3.63, 3.8) is 0 Å². The molecule has 7 rings (SSSR count). The van der Waals surface area contributed by atoms with Crippen molar-refractivity contribution >= 4 is 35.0 Å². The third kappa shape index (κ3) is 12.7. The zero-order chi connectivity index (χ0) is 52.5. The summed E-state index contributed by atoms with van der Waals surface area (Å²) in [4.78, 5) is 51.7. The van der Waals surface area contributed by atoms with E-state index in [0.29, 0.717) is 25.7 Å². The monoisotopic (exact) mass is 971 g/mol. The molecule has 2 aliphatic rings. The highest BCUT2D eigenvalue weighted by Gasteiger charge is 2.36. The second-order valence-corrected chi connectivity index (χ2v) is 23.9. The fraction of sp³-hybridized carbons (Fsp3) is 0.406. The molecule has 0 saturated heterocycles. The van der Waals surface area contributed by atoms with Gasteiger partial charge < -0.3 is 18.9 Å². The van der Waals surface area contributed by atoms with Crippen molar-refractivity contribution in [2.24, 2.45) is 21.7 Å². The summed E-state index contributed by atoms with van der Waals surface area (Å²) < 4.78 is 23.9. The predicted molar refractivity (Wildman–Crippen MR) is 289 cm³/mol. The Morgan fingerprint density at radius 2 is 0.583 bits per heavy atom. The van der Waals surface area contributed by atoms with Crippen LogP contribution in [0.25, 0.3) is 55.7 Å². The third-order valence-corrected chi connectivity index (χ3v) is 13.4. The Morgan fingerprint density at radius 3 is 0.847 bits per heavy atom. The first-order valence-corrected chi connectivity index (χ1v) is 25.5. The number of ether oxygens (including phenoxy) is 4. The maximum Gasteiger partial charge on any atom is 0.311 e. The number of carbonyl (C=O) groups excluding carboxylic acids is 4. The quantitative estimate of drug-likeness (QED) is 0.101. The van der Waals surface area contributed by atoms with E-state index in [0.717, 1.165) is 55.7 Å². The first-order chi connectivity index (χ1) is 33.6. The van der Waals surface area contributed by atoms with Crippen LogP contribution >= 0.6 is 0 Å². The van der Waals surface area contributed by atoms with Gasteiger partial charge in [0.15, 0.2) is 0 Å². The minimum absolute atomic E-state index is 0.259. The van der Waals surface area contributed by atoms with E-state index in [4.69, 9.17) is 18.9 Å². The summed E-state index contributed by atoms with van der Waals surface area (Å²) >= 11 is 0. The SMILES string of the molecule is Cc1cc(-c2ccc(-c3ccc(C4=CC(OC(=O)C(C)(C)C)CCC4OC(=O)C(C)(C)C)cc3)cc2)c(C)cc1-c1ccc(-c2ccc(C3=CC(OC(=O)C(C)(C)C)CCC3OC(=O)C(C)(C)C)cc2)cc1. The van der Waals surface area contributed by atoms with Gasteiger partial charge in [0.1, 0.15) is 24.4 Å². The number of hydrogen-bond donors (Lipinski definition) is 0. The summed E-state index contributed by atoms with van der Waals surface area (Å²) in [5, 5.41) is 0. The molecular formula is C64H74O8. The number of carbonyl (C=O) groups is 4. The highest BCUT2D eigenvalue weighted by Crippen LogP contribution is 2.39. The topological polar surface area (TPSA) is 105 Å². The molecule has 72 heavy (non-hydrogen) atoms. The van der Waals surface area contributed by atoms with E-state index in [1.165, 1.54) is 22.3 Å². The molecule has 0 aromatic heterocycles. The van der Waals surface area contributed by atoms with Crippen LogP contribution in [0.1, 0.15) is 131 Å². The largest absolute Gasteiger partial charge is 0.458 e. The second kappa shape index (κ2) is 20.9. The lowest BCUT2D eigenvalue weighted by Crippen LogP contribution is -2.34. The molecule has 8 heteroatoms. The highest BCUT2D eigenvalue weighted by molar-refractivity contribution is 5.84. The first kappa shape index (κ1) is 53.3. The van der Waals surface area contributed by atoms with E-state index in [1.54, 1.807) is 0 Å². The van der Waals surface area contributed by atoms with E-state index in [-0.39, 0.29) is 23.9 Å². The molecule has 0 spiro atoms. The average Bonchev–Trinajstić information content (AvgIpc) is 3.32. The van der Waals surface area contributed by atoms with E-state index in [2.05, 4.69) is 123 Å². The third-order valence-electron chi connectivity index (χ3n) is 13.4. The summed E-state index contributed by atoms with van der Waals surface area (Å²) in [6.45, 7) is 26.5. The van der Waals surface area contributed by atoms with Crippen molar-refractivity contribution < 1.29 is 38.1 Å². The Bertz CT molecular complexity index is 2650. The Hall–Kier alpha value is -6.54. The number of esters is 4. The van der Waals surface area contributed by atoms with Gasteiger partial charge in [-0.2, -0.15) is 0 Å². The van der Waals surface area contributed by atoms with Crippen LogP contribution in [0.4, 0.5) is 0 Å². The second-order valence-electron chi connectivity index (χ2n) is 23.9. The summed E-state index contributed by atoms with van der Waals surface area (Å²) in [7, 11) is 0. The Labute approximate surface area is 428 Å². The molecule has 378 valence electrons. The Kier molecular flexibility index (Phi) is 15.5. The predicted octanol–water partition coefficient (Wildman–Crippen LogP) is 15.2. The molecule has 0 bridgehead atoms. The number of aryl methyl sites for hydroxylation is 2. The molecule has 0 heterocycles. The minimum atomic E-state index is -0.645. The maximum atomic E-state index is 13.0. The van der Waals surface area contributed by atoms with Crippen LogP contribution in [0, 0.1) is 35.5 Å². The molecule has 0 amide bonds. The lowest BCUT2D eigenvalue weighted by atomic mass is 9.87. The van der Waals surface area contributed by atoms with Crippen LogP contribution in [-0.4, -0.2) is 48.3 Å². The van der Waals surface area contributed by atoms with Gasteiger partial charge in [0, 0.05) is 0 Å². The Morgan fingerprint density at radius 1 is 0.347 bits per heavy atom. The number of benzene rings is 5. The lowest BCUT2D eigenvalue weighted by Gasteiger charge is -2.32. The van der Waals surface area contributed by atoms with Crippen LogP contribution < -0.4 is 0 Å². The number of hydrogen-bond acceptors (Lipinski definition) is 8. The maximum absolute atomic E-state index is 13.0. The molecule has 4 atom stereocenters. The Balaban J connectivity index is 1.05. The van der Waals surface area contributed by atoms with E-state index < -0.39 is 46.1 Å². The van der Waals surface area contributed by atoms with Crippen LogP contribution in [0.5, 0.6) is 0 Å². The standard InChI is InChI=1S/C64H74O8/c1-39-35-52(46-25-17-42(18-26-46)44-21-29-48(30-22-44)54-38-50(70-58(66)62(6,7)8)32-34-56(54)72-60(68)64(12,13)14)40(2)36-51(39)45-23-15-41(16-24-45)43-19-27-47(28-20-43)53-37-49(69-57(65)61(3,4)5)31-33-55(53)71-59(67)63(9,10)11/h15-30,35-38,49-50,55-56H,31-34H2,1-14H3. The van der Waals surface area contributed by atoms with E-state index in [9.17, 15) is 19.2 Å². The molecule has 8 nitrogen and oxygen atoms in total. The van der Waals surface area contributed by atoms with Gasteiger partial charge in [-0.25, -0.2) is 0 Å². The molecule has 0 saturated carbocycles. The van der Waals surface area contributed by atoms with Crippen molar-refractivity contribution in [1.82, 2.24) is 0 Å². The van der Waals surface area contributed by atoms with E-state index >= 15 is 0 Å². The highest BCUT2D eigenvalue weighted by atomic mass is 16.6. The lowest BCUT2D eigenvalue weighted by molar-refractivity contribution is -0.160. The van der Waals surface area contributed by atoms with Crippen molar-refractivity contribution in [1.29, 1.82) is 0 Å². The fourth-order valence-corrected chi connectivity index (χ4v) is 8.79. The minimum Gasteiger partial charge on any atom is -0.458 e.